The summed E-state index contributed by atoms with van der Waals surface area (Å²) < 4.78 is 0. The maximum atomic E-state index is 11.8. The van der Waals surface area contributed by atoms with Crippen LogP contribution in [0.2, 0.25) is 0 Å². The second kappa shape index (κ2) is 6.41. The molecule has 3 N–H and O–H groups in total. The quantitative estimate of drug-likeness (QED) is 0.791. The van der Waals surface area contributed by atoms with E-state index < -0.39 is 5.97 Å². The van der Waals surface area contributed by atoms with E-state index in [4.69, 9.17) is 5.11 Å². The number of hydrogen-bond acceptors (Lipinski definition) is 2. The summed E-state index contributed by atoms with van der Waals surface area (Å²) in [6, 6.07) is 5.93. The van der Waals surface area contributed by atoms with Crippen molar-refractivity contribution in [2.24, 2.45) is 11.8 Å². The van der Waals surface area contributed by atoms with E-state index in [0.29, 0.717) is 24.1 Å². The molecule has 0 spiro atoms. The number of carboxylic acid groups (broad SMARTS) is 1. The summed E-state index contributed by atoms with van der Waals surface area (Å²) in [5.74, 6) is 0.200. The molecule has 1 fully saturated rings. The van der Waals surface area contributed by atoms with Gasteiger partial charge < -0.3 is 15.7 Å². The van der Waals surface area contributed by atoms with Gasteiger partial charge in [-0.15, -0.1) is 0 Å². The molecule has 1 aromatic carbocycles. The van der Waals surface area contributed by atoms with E-state index in [1.807, 2.05) is 0 Å². The third kappa shape index (κ3) is 3.73. The van der Waals surface area contributed by atoms with E-state index in [1.165, 1.54) is 25.0 Å². The van der Waals surface area contributed by atoms with Gasteiger partial charge in [0.2, 0.25) is 0 Å². The molecule has 2 amide bonds. The molecule has 5 nitrogen and oxygen atoms in total. The fraction of sp³-hybridized carbons (Fsp3) is 0.467. The molecule has 1 saturated carbocycles. The normalized spacial score (nSPS) is 21.4. The molecule has 20 heavy (non-hydrogen) atoms. The molecule has 0 aromatic heterocycles. The molecule has 0 heterocycles. The number of hydrogen-bond donors (Lipinski definition) is 3. The van der Waals surface area contributed by atoms with Crippen LogP contribution < -0.4 is 10.6 Å². The summed E-state index contributed by atoms with van der Waals surface area (Å²) in [6.07, 6.45) is 3.63. The monoisotopic (exact) mass is 276 g/mol. The third-order valence-corrected chi connectivity index (χ3v) is 3.93. The van der Waals surface area contributed by atoms with Crippen LogP contribution >= 0.6 is 0 Å². The molecule has 1 aliphatic rings. The number of nitrogens with one attached hydrogen (secondary N) is 2. The third-order valence-electron chi connectivity index (χ3n) is 3.93. The van der Waals surface area contributed by atoms with E-state index in [2.05, 4.69) is 17.6 Å². The number of urea groups is 1. The number of amides is 2. The summed E-state index contributed by atoms with van der Waals surface area (Å²) in [5, 5.41) is 14.4. The zero-order valence-electron chi connectivity index (χ0n) is 11.6. The molecule has 108 valence electrons. The minimum atomic E-state index is -1.01. The van der Waals surface area contributed by atoms with Crippen LogP contribution in [0.3, 0.4) is 0 Å². The molecule has 5 heteroatoms. The first-order valence-corrected chi connectivity index (χ1v) is 6.94. The van der Waals surface area contributed by atoms with Gasteiger partial charge in [0, 0.05) is 12.2 Å². The number of rotatable bonds is 4. The van der Waals surface area contributed by atoms with Crippen molar-refractivity contribution < 1.29 is 14.7 Å². The van der Waals surface area contributed by atoms with E-state index in [0.717, 1.165) is 6.42 Å². The smallest absolute Gasteiger partial charge is 0.335 e. The van der Waals surface area contributed by atoms with Crippen LogP contribution in [-0.4, -0.2) is 23.7 Å². The van der Waals surface area contributed by atoms with E-state index in [9.17, 15) is 9.59 Å². The van der Waals surface area contributed by atoms with Crippen molar-refractivity contribution in [2.45, 2.75) is 26.2 Å². The lowest BCUT2D eigenvalue weighted by Crippen LogP contribution is -2.33. The van der Waals surface area contributed by atoms with Crippen molar-refractivity contribution in [3.63, 3.8) is 0 Å². The Bertz CT molecular complexity index is 502. The SMILES string of the molecule is CC1CCCC1CNC(=O)Nc1cccc(C(=O)O)c1. The Balaban J connectivity index is 1.85. The second-order valence-corrected chi connectivity index (χ2v) is 5.39. The Morgan fingerprint density at radius 3 is 2.80 bits per heavy atom. The summed E-state index contributed by atoms with van der Waals surface area (Å²) >= 11 is 0. The first kappa shape index (κ1) is 14.4. The average Bonchev–Trinajstić information content (AvgIpc) is 2.82. The Morgan fingerprint density at radius 1 is 1.35 bits per heavy atom. The molecule has 1 aromatic rings. The van der Waals surface area contributed by atoms with Gasteiger partial charge in [-0.05, 0) is 36.5 Å². The van der Waals surface area contributed by atoms with E-state index in [1.54, 1.807) is 12.1 Å². The number of aromatic carboxylic acids is 1. The summed E-state index contributed by atoms with van der Waals surface area (Å²) in [4.78, 5) is 22.6. The lowest BCUT2D eigenvalue weighted by Gasteiger charge is -2.16. The Hall–Kier alpha value is -2.04. The maximum absolute atomic E-state index is 11.8. The number of carbonyl (C=O) groups excluding carboxylic acids is 1. The zero-order chi connectivity index (χ0) is 14.5. The highest BCUT2D eigenvalue weighted by molar-refractivity contribution is 5.93. The van der Waals surface area contributed by atoms with Crippen molar-refractivity contribution in [3.8, 4) is 0 Å². The number of anilines is 1. The van der Waals surface area contributed by atoms with Gasteiger partial charge >= 0.3 is 12.0 Å². The van der Waals surface area contributed by atoms with Crippen LogP contribution in [0, 0.1) is 11.8 Å². The lowest BCUT2D eigenvalue weighted by molar-refractivity contribution is 0.0697. The van der Waals surface area contributed by atoms with Gasteiger partial charge in [0.25, 0.3) is 0 Å². The molecule has 0 radical (unpaired) electrons. The Labute approximate surface area is 118 Å². The molecule has 0 saturated heterocycles. The van der Waals surface area contributed by atoms with E-state index >= 15 is 0 Å². The number of carbonyl (C=O) groups is 2. The highest BCUT2D eigenvalue weighted by Gasteiger charge is 2.23. The minimum Gasteiger partial charge on any atom is -0.478 e. The first-order valence-electron chi connectivity index (χ1n) is 6.94. The predicted molar refractivity (Wildman–Crippen MR) is 76.9 cm³/mol. The van der Waals surface area contributed by atoms with Crippen molar-refractivity contribution in [2.75, 3.05) is 11.9 Å². The summed E-state index contributed by atoms with van der Waals surface area (Å²) in [7, 11) is 0. The number of benzene rings is 1. The maximum Gasteiger partial charge on any atom is 0.335 e. The zero-order valence-corrected chi connectivity index (χ0v) is 11.6. The minimum absolute atomic E-state index is 0.159. The van der Waals surface area contributed by atoms with Crippen LogP contribution in [0.15, 0.2) is 24.3 Å². The van der Waals surface area contributed by atoms with Crippen molar-refractivity contribution in [1.29, 1.82) is 0 Å². The van der Waals surface area contributed by atoms with Crippen LogP contribution in [0.1, 0.15) is 36.5 Å². The highest BCUT2D eigenvalue weighted by atomic mass is 16.4. The fourth-order valence-corrected chi connectivity index (χ4v) is 2.65. The van der Waals surface area contributed by atoms with Gasteiger partial charge in [0.15, 0.2) is 0 Å². The van der Waals surface area contributed by atoms with E-state index in [-0.39, 0.29) is 11.6 Å². The number of carboxylic acids is 1. The average molecular weight is 276 g/mol. The molecule has 0 bridgehead atoms. The van der Waals surface area contributed by atoms with Crippen LogP contribution in [0.4, 0.5) is 10.5 Å². The Morgan fingerprint density at radius 2 is 2.15 bits per heavy atom. The van der Waals surface area contributed by atoms with Crippen LogP contribution in [-0.2, 0) is 0 Å². The van der Waals surface area contributed by atoms with Gasteiger partial charge in [-0.3, -0.25) is 0 Å². The first-order chi connectivity index (χ1) is 9.56. The van der Waals surface area contributed by atoms with Crippen molar-refractivity contribution in [3.05, 3.63) is 29.8 Å². The molecule has 2 unspecified atom stereocenters. The molecule has 1 aliphatic carbocycles. The highest BCUT2D eigenvalue weighted by Crippen LogP contribution is 2.30. The van der Waals surface area contributed by atoms with Crippen LogP contribution in [0.25, 0.3) is 0 Å². The van der Waals surface area contributed by atoms with Crippen molar-refractivity contribution >= 4 is 17.7 Å². The van der Waals surface area contributed by atoms with Crippen LogP contribution in [0.5, 0.6) is 0 Å². The van der Waals surface area contributed by atoms with Gasteiger partial charge in [0.05, 0.1) is 5.56 Å². The summed E-state index contributed by atoms with van der Waals surface area (Å²) in [6.45, 7) is 2.89. The second-order valence-electron chi connectivity index (χ2n) is 5.39. The van der Waals surface area contributed by atoms with Gasteiger partial charge in [0.1, 0.15) is 0 Å². The summed E-state index contributed by atoms with van der Waals surface area (Å²) in [5.41, 5.74) is 0.647. The molecular formula is C15H20N2O3. The van der Waals surface area contributed by atoms with Gasteiger partial charge in [-0.2, -0.15) is 0 Å². The largest absolute Gasteiger partial charge is 0.478 e. The van der Waals surface area contributed by atoms with Gasteiger partial charge in [-0.1, -0.05) is 25.8 Å². The molecule has 0 aliphatic heterocycles. The predicted octanol–water partition coefficient (Wildman–Crippen LogP) is 2.94. The Kier molecular flexibility index (Phi) is 4.61. The molecular weight excluding hydrogens is 256 g/mol. The fourth-order valence-electron chi connectivity index (χ4n) is 2.65. The lowest BCUT2D eigenvalue weighted by atomic mass is 9.98. The van der Waals surface area contributed by atoms with Crippen molar-refractivity contribution in [1.82, 2.24) is 5.32 Å². The standard InChI is InChI=1S/C15H20N2O3/c1-10-4-2-6-12(10)9-16-15(20)17-13-7-3-5-11(8-13)14(18)19/h3,5,7-8,10,12H,2,4,6,9H2,1H3,(H,18,19)(H2,16,17,20). The topological polar surface area (TPSA) is 78.4 Å². The van der Waals surface area contributed by atoms with Gasteiger partial charge in [-0.25, -0.2) is 9.59 Å². The molecule has 2 rings (SSSR count). The molecule has 2 atom stereocenters.